The number of rotatable bonds is 5. The second-order valence-corrected chi connectivity index (χ2v) is 5.42. The molecule has 0 aliphatic rings. The van der Waals surface area contributed by atoms with Gasteiger partial charge >= 0.3 is 0 Å². The predicted octanol–water partition coefficient (Wildman–Crippen LogP) is 4.09. The van der Waals surface area contributed by atoms with Crippen LogP contribution in [-0.2, 0) is 12.8 Å². The zero-order valence-electron chi connectivity index (χ0n) is 9.90. The highest BCUT2D eigenvalue weighted by Gasteiger charge is 2.11. The van der Waals surface area contributed by atoms with Crippen molar-refractivity contribution in [2.24, 2.45) is 5.92 Å². The molecule has 0 bridgehead atoms. The number of nitrogens with zero attached hydrogens (tertiary/aromatic N) is 1. The topological polar surface area (TPSA) is 12.9 Å². The lowest BCUT2D eigenvalue weighted by Gasteiger charge is -2.12. The molecule has 0 amide bonds. The Morgan fingerprint density at radius 2 is 2.24 bits per heavy atom. The molecule has 0 radical (unpaired) electrons. The first-order chi connectivity index (χ1) is 8.28. The summed E-state index contributed by atoms with van der Waals surface area (Å²) in [6.45, 7) is 2.12. The average molecular weight is 266 g/mol. The number of aromatic nitrogens is 1. The van der Waals surface area contributed by atoms with Crippen LogP contribution in [0.15, 0.2) is 35.2 Å². The summed E-state index contributed by atoms with van der Waals surface area (Å²) in [5, 5.41) is 2.11. The molecule has 1 atom stereocenters. The van der Waals surface area contributed by atoms with Gasteiger partial charge in [0.2, 0.25) is 0 Å². The maximum atomic E-state index is 6.05. The van der Waals surface area contributed by atoms with Crippen LogP contribution in [0.25, 0.3) is 0 Å². The molecule has 2 aromatic rings. The van der Waals surface area contributed by atoms with E-state index in [1.54, 1.807) is 11.3 Å². The van der Waals surface area contributed by atoms with Crippen LogP contribution in [0.1, 0.15) is 16.8 Å². The predicted molar refractivity (Wildman–Crippen MR) is 74.9 cm³/mol. The monoisotopic (exact) mass is 265 g/mol. The van der Waals surface area contributed by atoms with E-state index in [0.717, 1.165) is 18.5 Å². The highest BCUT2D eigenvalue weighted by Crippen LogP contribution is 2.17. The number of aryl methyl sites for hydroxylation is 1. The third-order valence-electron chi connectivity index (χ3n) is 2.81. The van der Waals surface area contributed by atoms with Crippen molar-refractivity contribution in [3.05, 3.63) is 52.0 Å². The third kappa shape index (κ3) is 3.83. The molecule has 3 heteroatoms. The van der Waals surface area contributed by atoms with Gasteiger partial charge in [-0.05, 0) is 31.2 Å². The Morgan fingerprint density at radius 3 is 2.88 bits per heavy atom. The average Bonchev–Trinajstić information content (AvgIpc) is 2.81. The lowest BCUT2D eigenvalue weighted by atomic mass is 9.96. The highest BCUT2D eigenvalue weighted by atomic mass is 35.5. The Hall–Kier alpha value is -0.860. The van der Waals surface area contributed by atoms with Crippen LogP contribution < -0.4 is 0 Å². The third-order valence-corrected chi connectivity index (χ3v) is 3.88. The molecule has 0 aliphatic heterocycles. The van der Waals surface area contributed by atoms with Crippen molar-refractivity contribution in [2.45, 2.75) is 19.8 Å². The molecular formula is C14H16ClNS. The van der Waals surface area contributed by atoms with Gasteiger partial charge in [0.25, 0.3) is 0 Å². The van der Waals surface area contributed by atoms with Gasteiger partial charge in [-0.3, -0.25) is 0 Å². The fraction of sp³-hybridized carbons (Fsp3) is 0.357. The summed E-state index contributed by atoms with van der Waals surface area (Å²) in [6.07, 6.45) is 2.00. The molecule has 0 saturated carbocycles. The minimum Gasteiger partial charge on any atom is -0.250 e. The van der Waals surface area contributed by atoms with E-state index >= 15 is 0 Å². The van der Waals surface area contributed by atoms with Crippen LogP contribution in [0.2, 0.25) is 0 Å². The zero-order chi connectivity index (χ0) is 12.1. The molecule has 1 aromatic carbocycles. The van der Waals surface area contributed by atoms with Crippen molar-refractivity contribution in [3.8, 4) is 0 Å². The van der Waals surface area contributed by atoms with E-state index < -0.39 is 0 Å². The normalized spacial score (nSPS) is 12.6. The largest absolute Gasteiger partial charge is 0.250 e. The van der Waals surface area contributed by atoms with E-state index in [1.165, 1.54) is 11.1 Å². The molecule has 1 nitrogen and oxygen atoms in total. The maximum Gasteiger partial charge on any atom is 0.0794 e. The van der Waals surface area contributed by atoms with Gasteiger partial charge in [-0.2, -0.15) is 0 Å². The summed E-state index contributed by atoms with van der Waals surface area (Å²) < 4.78 is 0. The van der Waals surface area contributed by atoms with Crippen LogP contribution in [0.3, 0.4) is 0 Å². The van der Waals surface area contributed by atoms with Crippen LogP contribution in [0.4, 0.5) is 0 Å². The number of alkyl halides is 1. The molecular weight excluding hydrogens is 250 g/mol. The Bertz CT molecular complexity index is 453. The Kier molecular flexibility index (Phi) is 4.57. The van der Waals surface area contributed by atoms with Crippen molar-refractivity contribution < 1.29 is 0 Å². The summed E-state index contributed by atoms with van der Waals surface area (Å²) in [7, 11) is 0. The Labute approximate surface area is 111 Å². The summed E-state index contributed by atoms with van der Waals surface area (Å²) in [5.74, 6) is 1.16. The lowest BCUT2D eigenvalue weighted by molar-refractivity contribution is 0.577. The zero-order valence-corrected chi connectivity index (χ0v) is 11.5. The van der Waals surface area contributed by atoms with Crippen LogP contribution >= 0.6 is 22.9 Å². The number of benzene rings is 1. The molecule has 1 unspecified atom stereocenters. The SMILES string of the molecule is Cc1cccc(CC(CCl)Cc2cscn2)c1. The summed E-state index contributed by atoms with van der Waals surface area (Å²) in [4.78, 5) is 4.32. The second-order valence-electron chi connectivity index (χ2n) is 4.40. The number of thiazole rings is 1. The van der Waals surface area contributed by atoms with Crippen molar-refractivity contribution >= 4 is 22.9 Å². The Balaban J connectivity index is 2.00. The van der Waals surface area contributed by atoms with E-state index in [2.05, 4.69) is 41.6 Å². The molecule has 90 valence electrons. The first kappa shape index (κ1) is 12.6. The van der Waals surface area contributed by atoms with Gasteiger partial charge in [0.05, 0.1) is 11.2 Å². The van der Waals surface area contributed by atoms with Crippen LogP contribution in [0.5, 0.6) is 0 Å². The van der Waals surface area contributed by atoms with Gasteiger partial charge < -0.3 is 0 Å². The highest BCUT2D eigenvalue weighted by molar-refractivity contribution is 7.07. The van der Waals surface area contributed by atoms with E-state index in [9.17, 15) is 0 Å². The molecule has 0 spiro atoms. The molecule has 0 saturated heterocycles. The Morgan fingerprint density at radius 1 is 1.35 bits per heavy atom. The van der Waals surface area contributed by atoms with Gasteiger partial charge in [-0.1, -0.05) is 29.8 Å². The van der Waals surface area contributed by atoms with Gasteiger partial charge in [-0.15, -0.1) is 22.9 Å². The van der Waals surface area contributed by atoms with Gasteiger partial charge in [-0.25, -0.2) is 4.98 Å². The molecule has 17 heavy (non-hydrogen) atoms. The van der Waals surface area contributed by atoms with Crippen LogP contribution in [0, 0.1) is 12.8 Å². The minimum atomic E-state index is 0.473. The van der Waals surface area contributed by atoms with Gasteiger partial charge in [0, 0.05) is 11.3 Å². The van der Waals surface area contributed by atoms with E-state index in [-0.39, 0.29) is 0 Å². The second kappa shape index (κ2) is 6.18. The van der Waals surface area contributed by atoms with Crippen molar-refractivity contribution in [3.63, 3.8) is 0 Å². The van der Waals surface area contributed by atoms with Crippen molar-refractivity contribution in [1.29, 1.82) is 0 Å². The standard InChI is InChI=1S/C14H16ClNS/c1-11-3-2-4-12(5-11)6-13(8-15)7-14-9-17-10-16-14/h2-5,9-10,13H,6-8H2,1H3. The summed E-state index contributed by atoms with van der Waals surface area (Å²) in [6, 6.07) is 8.65. The van der Waals surface area contributed by atoms with Crippen LogP contribution in [-0.4, -0.2) is 10.9 Å². The summed E-state index contributed by atoms with van der Waals surface area (Å²) in [5.41, 5.74) is 5.72. The lowest BCUT2D eigenvalue weighted by Crippen LogP contribution is -2.10. The van der Waals surface area contributed by atoms with E-state index in [1.807, 2.05) is 5.51 Å². The van der Waals surface area contributed by atoms with Crippen molar-refractivity contribution in [2.75, 3.05) is 5.88 Å². The van der Waals surface area contributed by atoms with Gasteiger partial charge in [0.1, 0.15) is 0 Å². The number of halogens is 1. The molecule has 0 fully saturated rings. The number of hydrogen-bond donors (Lipinski definition) is 0. The fourth-order valence-corrected chi connectivity index (χ4v) is 2.78. The molecule has 0 N–H and O–H groups in total. The molecule has 1 heterocycles. The first-order valence-corrected chi connectivity index (χ1v) is 7.24. The van der Waals surface area contributed by atoms with E-state index in [4.69, 9.17) is 11.6 Å². The summed E-state index contributed by atoms with van der Waals surface area (Å²) >= 11 is 7.70. The van der Waals surface area contributed by atoms with E-state index in [0.29, 0.717) is 11.8 Å². The fourth-order valence-electron chi connectivity index (χ4n) is 1.99. The first-order valence-electron chi connectivity index (χ1n) is 5.76. The maximum absolute atomic E-state index is 6.05. The molecule has 0 aliphatic carbocycles. The quantitative estimate of drug-likeness (QED) is 0.742. The number of hydrogen-bond acceptors (Lipinski definition) is 2. The van der Waals surface area contributed by atoms with Gasteiger partial charge in [0.15, 0.2) is 0 Å². The minimum absolute atomic E-state index is 0.473. The van der Waals surface area contributed by atoms with Crippen molar-refractivity contribution in [1.82, 2.24) is 4.98 Å². The molecule has 2 rings (SSSR count). The molecule has 1 aromatic heterocycles. The smallest absolute Gasteiger partial charge is 0.0794 e.